The van der Waals surface area contributed by atoms with E-state index in [0.29, 0.717) is 41.7 Å². The fraction of sp³-hybridized carbons (Fsp3) is 0.172. The Labute approximate surface area is 203 Å². The summed E-state index contributed by atoms with van der Waals surface area (Å²) in [4.78, 5) is 27.5. The first-order valence-corrected chi connectivity index (χ1v) is 11.6. The number of halogens is 1. The number of benzene rings is 2. The highest BCUT2D eigenvalue weighted by Crippen LogP contribution is 2.32. The van der Waals surface area contributed by atoms with Crippen LogP contribution >= 0.6 is 0 Å². The van der Waals surface area contributed by atoms with Crippen LogP contribution in [0.1, 0.15) is 51.8 Å². The van der Waals surface area contributed by atoms with Crippen LogP contribution in [-0.4, -0.2) is 21.5 Å². The molecule has 2 aromatic carbocycles. The van der Waals surface area contributed by atoms with Gasteiger partial charge in [-0.2, -0.15) is 0 Å². The van der Waals surface area contributed by atoms with E-state index in [1.54, 1.807) is 24.5 Å². The number of carbonyl (C=O) groups is 1. The van der Waals surface area contributed by atoms with Crippen molar-refractivity contribution in [1.82, 2.24) is 9.97 Å². The summed E-state index contributed by atoms with van der Waals surface area (Å²) in [5.41, 5.74) is 5.50. The molecule has 1 aliphatic rings. The van der Waals surface area contributed by atoms with Crippen molar-refractivity contribution < 1.29 is 14.0 Å². The van der Waals surface area contributed by atoms with Gasteiger partial charge in [0.05, 0.1) is 11.4 Å². The zero-order chi connectivity index (χ0) is 24.2. The molecule has 0 radical (unpaired) electrons. The molecule has 0 saturated carbocycles. The predicted molar refractivity (Wildman–Crippen MR) is 133 cm³/mol. The van der Waals surface area contributed by atoms with E-state index in [1.165, 1.54) is 6.07 Å². The van der Waals surface area contributed by atoms with Gasteiger partial charge in [-0.05, 0) is 73.0 Å². The van der Waals surface area contributed by atoms with Gasteiger partial charge in [-0.15, -0.1) is 0 Å². The van der Waals surface area contributed by atoms with E-state index in [0.717, 1.165) is 22.5 Å². The molecule has 3 heterocycles. The summed E-state index contributed by atoms with van der Waals surface area (Å²) in [7, 11) is 0. The maximum atomic E-state index is 14.9. The zero-order valence-corrected chi connectivity index (χ0v) is 19.3. The van der Waals surface area contributed by atoms with E-state index in [-0.39, 0.29) is 17.7 Å². The predicted octanol–water partition coefficient (Wildman–Crippen LogP) is 6.27. The summed E-state index contributed by atoms with van der Waals surface area (Å²) in [5.74, 6) is -0.364. The number of carbonyl (C=O) groups excluding carboxylic acids is 1. The van der Waals surface area contributed by atoms with Crippen LogP contribution in [0.5, 0.6) is 0 Å². The fourth-order valence-electron chi connectivity index (χ4n) is 4.17. The molecule has 1 atom stereocenters. The standard InChI is InChI=1S/C29H24FN3O2/c1-19-8-10-24(25(30)14-19)20-15-21(27-18-29(35-33-27)26-7-3-5-13-32-26)17-22(16-20)28(34)11-9-23-6-2-4-12-31-23/h2-8,10,12-17,29H,9,11,18H2,1H3. The minimum Gasteiger partial charge on any atom is -0.385 e. The lowest BCUT2D eigenvalue weighted by Crippen LogP contribution is -2.07. The number of hydrogen-bond donors (Lipinski definition) is 0. The van der Waals surface area contributed by atoms with E-state index in [1.807, 2.05) is 61.5 Å². The van der Waals surface area contributed by atoms with E-state index in [2.05, 4.69) is 15.1 Å². The Morgan fingerprint density at radius 2 is 1.77 bits per heavy atom. The smallest absolute Gasteiger partial charge is 0.174 e. The third-order valence-electron chi connectivity index (χ3n) is 6.04. The number of pyridine rings is 2. The van der Waals surface area contributed by atoms with Gasteiger partial charge < -0.3 is 4.84 Å². The highest BCUT2D eigenvalue weighted by molar-refractivity contribution is 6.05. The van der Waals surface area contributed by atoms with Crippen LogP contribution in [0.15, 0.2) is 90.3 Å². The topological polar surface area (TPSA) is 64.4 Å². The first-order valence-electron chi connectivity index (χ1n) is 11.6. The van der Waals surface area contributed by atoms with Gasteiger partial charge in [0.2, 0.25) is 0 Å². The largest absolute Gasteiger partial charge is 0.385 e. The first kappa shape index (κ1) is 22.6. The number of aromatic nitrogens is 2. The summed E-state index contributed by atoms with van der Waals surface area (Å²) in [6.45, 7) is 1.85. The fourth-order valence-corrected chi connectivity index (χ4v) is 4.17. The Morgan fingerprint density at radius 3 is 2.51 bits per heavy atom. The second kappa shape index (κ2) is 9.97. The summed E-state index contributed by atoms with van der Waals surface area (Å²) in [5, 5.41) is 4.29. The quantitative estimate of drug-likeness (QED) is 0.302. The molecule has 0 fully saturated rings. The van der Waals surface area contributed by atoms with Gasteiger partial charge in [-0.25, -0.2) is 4.39 Å². The van der Waals surface area contributed by atoms with Crippen molar-refractivity contribution in [3.8, 4) is 11.1 Å². The number of hydrogen-bond acceptors (Lipinski definition) is 5. The normalized spacial score (nSPS) is 14.9. The molecule has 1 unspecified atom stereocenters. The van der Waals surface area contributed by atoms with Gasteiger partial charge in [0, 0.05) is 47.6 Å². The van der Waals surface area contributed by atoms with Crippen LogP contribution in [0.25, 0.3) is 11.1 Å². The molecule has 0 aliphatic carbocycles. The van der Waals surface area contributed by atoms with Gasteiger partial charge in [0.25, 0.3) is 0 Å². The van der Waals surface area contributed by atoms with Crippen molar-refractivity contribution in [3.05, 3.63) is 119 Å². The second-order valence-electron chi connectivity index (χ2n) is 8.62. The van der Waals surface area contributed by atoms with Gasteiger partial charge in [-0.1, -0.05) is 29.4 Å². The van der Waals surface area contributed by atoms with Crippen molar-refractivity contribution in [2.75, 3.05) is 0 Å². The number of Topliss-reactive ketones (excluding diaryl/α,β-unsaturated/α-hetero) is 1. The van der Waals surface area contributed by atoms with E-state index >= 15 is 0 Å². The molecule has 6 heteroatoms. The lowest BCUT2D eigenvalue weighted by atomic mass is 9.92. The van der Waals surface area contributed by atoms with Crippen LogP contribution in [0.2, 0.25) is 0 Å². The Morgan fingerprint density at radius 1 is 0.971 bits per heavy atom. The summed E-state index contributed by atoms with van der Waals surface area (Å²) < 4.78 is 14.9. The maximum Gasteiger partial charge on any atom is 0.174 e. The Bertz CT molecular complexity index is 1390. The molecule has 0 amide bonds. The van der Waals surface area contributed by atoms with E-state index in [4.69, 9.17) is 4.84 Å². The van der Waals surface area contributed by atoms with E-state index < -0.39 is 0 Å². The molecule has 2 aromatic heterocycles. The molecule has 5 rings (SSSR count). The number of nitrogens with zero attached hydrogens (tertiary/aromatic N) is 3. The third kappa shape index (κ3) is 5.17. The first-order chi connectivity index (χ1) is 17.1. The van der Waals surface area contributed by atoms with Gasteiger partial charge in [0.1, 0.15) is 5.82 Å². The Balaban J connectivity index is 1.47. The van der Waals surface area contributed by atoms with E-state index in [9.17, 15) is 9.18 Å². The molecule has 0 saturated heterocycles. The lowest BCUT2D eigenvalue weighted by molar-refractivity contribution is 0.0826. The van der Waals surface area contributed by atoms with Crippen molar-refractivity contribution in [2.45, 2.75) is 32.3 Å². The minimum absolute atomic E-state index is 0.0351. The Kier molecular flexibility index (Phi) is 6.44. The molecule has 35 heavy (non-hydrogen) atoms. The number of ketones is 1. The summed E-state index contributed by atoms with van der Waals surface area (Å²) in [6.07, 6.45) is 4.48. The van der Waals surface area contributed by atoms with Crippen molar-refractivity contribution >= 4 is 11.5 Å². The third-order valence-corrected chi connectivity index (χ3v) is 6.04. The molecule has 0 spiro atoms. The Hall–Kier alpha value is -4.19. The maximum absolute atomic E-state index is 14.9. The van der Waals surface area contributed by atoms with Gasteiger partial charge in [0.15, 0.2) is 11.9 Å². The average molecular weight is 466 g/mol. The number of oxime groups is 1. The molecule has 4 aromatic rings. The summed E-state index contributed by atoms with van der Waals surface area (Å²) in [6, 6.07) is 21.9. The van der Waals surface area contributed by atoms with Crippen LogP contribution in [0, 0.1) is 12.7 Å². The molecule has 1 aliphatic heterocycles. The van der Waals surface area contributed by atoms with Crippen LogP contribution < -0.4 is 0 Å². The van der Waals surface area contributed by atoms with Crippen molar-refractivity contribution in [1.29, 1.82) is 0 Å². The number of aryl methyl sites for hydroxylation is 2. The van der Waals surface area contributed by atoms with Crippen LogP contribution in [-0.2, 0) is 11.3 Å². The molecule has 5 nitrogen and oxygen atoms in total. The SMILES string of the molecule is Cc1ccc(-c2cc(C(=O)CCc3ccccn3)cc(C3=NOC(c4ccccn4)C3)c2)c(F)c1. The van der Waals surface area contributed by atoms with Crippen LogP contribution in [0.3, 0.4) is 0 Å². The molecule has 0 N–H and O–H groups in total. The monoisotopic (exact) mass is 465 g/mol. The molecule has 0 bridgehead atoms. The molecule has 174 valence electrons. The minimum atomic E-state index is -0.329. The number of rotatable bonds is 7. The van der Waals surface area contributed by atoms with Crippen LogP contribution in [0.4, 0.5) is 4.39 Å². The highest BCUT2D eigenvalue weighted by Gasteiger charge is 2.26. The average Bonchev–Trinajstić information content (AvgIpc) is 3.39. The molecular weight excluding hydrogens is 441 g/mol. The highest BCUT2D eigenvalue weighted by atomic mass is 19.1. The lowest BCUT2D eigenvalue weighted by Gasteiger charge is -2.11. The van der Waals surface area contributed by atoms with Gasteiger partial charge >= 0.3 is 0 Å². The summed E-state index contributed by atoms with van der Waals surface area (Å²) >= 11 is 0. The van der Waals surface area contributed by atoms with Crippen molar-refractivity contribution in [3.63, 3.8) is 0 Å². The van der Waals surface area contributed by atoms with Crippen molar-refractivity contribution in [2.24, 2.45) is 5.16 Å². The zero-order valence-electron chi connectivity index (χ0n) is 19.3. The van der Waals surface area contributed by atoms with Gasteiger partial charge in [-0.3, -0.25) is 14.8 Å². The molecular formula is C29H24FN3O2. The second-order valence-corrected chi connectivity index (χ2v) is 8.62.